The van der Waals surface area contributed by atoms with E-state index < -0.39 is 23.8 Å². The molecule has 0 saturated heterocycles. The van der Waals surface area contributed by atoms with Gasteiger partial charge in [0.25, 0.3) is 0 Å². The Bertz CT molecular complexity index is 899. The topological polar surface area (TPSA) is 53.4 Å². The Labute approximate surface area is 153 Å². The Morgan fingerprint density at radius 1 is 1.30 bits per heavy atom. The Balaban J connectivity index is 2.08. The highest BCUT2D eigenvalue weighted by molar-refractivity contribution is 5.83. The highest BCUT2D eigenvalue weighted by Gasteiger charge is 2.36. The molecule has 9 heteroatoms. The van der Waals surface area contributed by atoms with E-state index in [0.29, 0.717) is 12.1 Å². The number of aliphatic hydroxyl groups excluding tert-OH is 1. The summed E-state index contributed by atoms with van der Waals surface area (Å²) in [6.45, 7) is 4.13. The SMILES string of the molecule is CC[N+]1=CC(Cn2nc(C(F)(F)F)cc2-c2ccc(F)cc2[C@@H](C)O)C=N1. The monoisotopic (exact) mass is 383 g/mol. The van der Waals surface area contributed by atoms with Crippen molar-refractivity contribution >= 4 is 12.4 Å². The fraction of sp³-hybridized carbons (Fsp3) is 0.389. The molecular formula is C18H19F4N4O+. The fourth-order valence-corrected chi connectivity index (χ4v) is 2.97. The van der Waals surface area contributed by atoms with Gasteiger partial charge >= 0.3 is 6.18 Å². The second kappa shape index (κ2) is 7.22. The van der Waals surface area contributed by atoms with E-state index in [9.17, 15) is 22.7 Å². The minimum absolute atomic E-state index is 0.141. The summed E-state index contributed by atoms with van der Waals surface area (Å²) < 4.78 is 56.2. The molecule has 0 aliphatic carbocycles. The molecule has 1 aliphatic heterocycles. The molecular weight excluding hydrogens is 364 g/mol. The molecule has 2 heterocycles. The second-order valence-electron chi connectivity index (χ2n) is 6.34. The highest BCUT2D eigenvalue weighted by atomic mass is 19.4. The first kappa shape index (κ1) is 19.2. The molecule has 27 heavy (non-hydrogen) atoms. The molecule has 1 aliphatic rings. The molecule has 5 nitrogen and oxygen atoms in total. The summed E-state index contributed by atoms with van der Waals surface area (Å²) in [5, 5.41) is 17.8. The van der Waals surface area contributed by atoms with E-state index in [1.165, 1.54) is 17.7 Å². The number of rotatable bonds is 5. The maximum absolute atomic E-state index is 13.6. The van der Waals surface area contributed by atoms with Crippen LogP contribution in [0.25, 0.3) is 11.3 Å². The summed E-state index contributed by atoms with van der Waals surface area (Å²) >= 11 is 0. The number of halogens is 4. The summed E-state index contributed by atoms with van der Waals surface area (Å²) in [5.41, 5.74) is -0.378. The van der Waals surface area contributed by atoms with E-state index >= 15 is 0 Å². The average Bonchev–Trinajstić information content (AvgIpc) is 3.21. The third kappa shape index (κ3) is 4.08. The molecule has 0 amide bonds. The van der Waals surface area contributed by atoms with Crippen molar-refractivity contribution < 1.29 is 27.4 Å². The van der Waals surface area contributed by atoms with Gasteiger partial charge in [-0.05, 0) is 48.8 Å². The first-order valence-corrected chi connectivity index (χ1v) is 8.47. The van der Waals surface area contributed by atoms with Crippen molar-refractivity contribution in [2.45, 2.75) is 32.7 Å². The number of benzene rings is 1. The lowest BCUT2D eigenvalue weighted by molar-refractivity contribution is -0.522. The number of hydrogen-bond donors (Lipinski definition) is 1. The minimum atomic E-state index is -4.62. The van der Waals surface area contributed by atoms with E-state index in [1.807, 2.05) is 6.92 Å². The Morgan fingerprint density at radius 2 is 2.04 bits per heavy atom. The lowest BCUT2D eigenvalue weighted by Gasteiger charge is -2.14. The minimum Gasteiger partial charge on any atom is -0.389 e. The van der Waals surface area contributed by atoms with Crippen LogP contribution in [0.4, 0.5) is 17.6 Å². The number of hydrogen-bond acceptors (Lipinski definition) is 3. The summed E-state index contributed by atoms with van der Waals surface area (Å²) in [6.07, 6.45) is -2.22. The summed E-state index contributed by atoms with van der Waals surface area (Å²) in [7, 11) is 0. The average molecular weight is 383 g/mol. The van der Waals surface area contributed by atoms with Gasteiger partial charge in [-0.15, -0.1) is 0 Å². The van der Waals surface area contributed by atoms with Gasteiger partial charge in [-0.3, -0.25) is 4.68 Å². The molecule has 1 aromatic carbocycles. The van der Waals surface area contributed by atoms with Crippen LogP contribution >= 0.6 is 0 Å². The van der Waals surface area contributed by atoms with Gasteiger partial charge in [0, 0.05) is 5.56 Å². The van der Waals surface area contributed by atoms with Crippen molar-refractivity contribution in [3.8, 4) is 11.3 Å². The first-order chi connectivity index (χ1) is 12.7. The van der Waals surface area contributed by atoms with Crippen LogP contribution in [-0.4, -0.2) is 38.5 Å². The highest BCUT2D eigenvalue weighted by Crippen LogP contribution is 2.35. The van der Waals surface area contributed by atoms with E-state index in [1.54, 1.807) is 17.1 Å². The molecule has 1 aromatic heterocycles. The van der Waals surface area contributed by atoms with Crippen LogP contribution in [0.3, 0.4) is 0 Å². The van der Waals surface area contributed by atoms with Crippen LogP contribution in [0.1, 0.15) is 31.2 Å². The molecule has 0 spiro atoms. The van der Waals surface area contributed by atoms with Crippen molar-refractivity contribution in [1.82, 2.24) is 9.78 Å². The Hall–Kier alpha value is -2.55. The number of aliphatic hydroxyl groups is 1. The Morgan fingerprint density at radius 3 is 2.63 bits per heavy atom. The van der Waals surface area contributed by atoms with E-state index in [4.69, 9.17) is 0 Å². The first-order valence-electron chi connectivity index (χ1n) is 8.47. The van der Waals surface area contributed by atoms with Gasteiger partial charge < -0.3 is 5.11 Å². The molecule has 1 N–H and O–H groups in total. The van der Waals surface area contributed by atoms with Crippen LogP contribution in [0.2, 0.25) is 0 Å². The van der Waals surface area contributed by atoms with Crippen molar-refractivity contribution in [1.29, 1.82) is 0 Å². The molecule has 0 saturated carbocycles. The predicted molar refractivity (Wildman–Crippen MR) is 92.1 cm³/mol. The summed E-state index contributed by atoms with van der Waals surface area (Å²) in [4.78, 5) is 0. The molecule has 2 atom stereocenters. The van der Waals surface area contributed by atoms with Gasteiger partial charge in [-0.1, -0.05) is 4.68 Å². The van der Waals surface area contributed by atoms with Crippen molar-refractivity contribution in [2.24, 2.45) is 11.0 Å². The maximum Gasteiger partial charge on any atom is 0.435 e. The van der Waals surface area contributed by atoms with Crippen LogP contribution in [0, 0.1) is 11.7 Å². The lowest BCUT2D eigenvalue weighted by atomic mass is 10.00. The van der Waals surface area contributed by atoms with E-state index in [-0.39, 0.29) is 23.7 Å². The number of nitrogens with zero attached hydrogens (tertiary/aromatic N) is 4. The predicted octanol–water partition coefficient (Wildman–Crippen LogP) is 3.48. The largest absolute Gasteiger partial charge is 0.435 e. The fourth-order valence-electron chi connectivity index (χ4n) is 2.97. The van der Waals surface area contributed by atoms with Gasteiger partial charge in [-0.2, -0.15) is 18.3 Å². The zero-order chi connectivity index (χ0) is 19.8. The smallest absolute Gasteiger partial charge is 0.389 e. The number of hydrazone groups is 1. The molecule has 0 radical (unpaired) electrons. The third-order valence-corrected chi connectivity index (χ3v) is 4.29. The zero-order valence-electron chi connectivity index (χ0n) is 14.8. The van der Waals surface area contributed by atoms with Crippen molar-refractivity contribution in [3.05, 3.63) is 41.3 Å². The van der Waals surface area contributed by atoms with Gasteiger partial charge in [-0.25, -0.2) is 4.39 Å². The molecule has 0 fully saturated rings. The van der Waals surface area contributed by atoms with Crippen LogP contribution < -0.4 is 0 Å². The van der Waals surface area contributed by atoms with Crippen molar-refractivity contribution in [2.75, 3.05) is 6.54 Å². The van der Waals surface area contributed by atoms with Crippen LogP contribution in [0.15, 0.2) is 29.4 Å². The Kier molecular flexibility index (Phi) is 5.14. The van der Waals surface area contributed by atoms with Gasteiger partial charge in [0.05, 0.1) is 30.5 Å². The molecule has 3 rings (SSSR count). The zero-order valence-corrected chi connectivity index (χ0v) is 14.8. The number of alkyl halides is 3. The maximum atomic E-state index is 13.6. The van der Waals surface area contributed by atoms with E-state index in [0.717, 1.165) is 18.2 Å². The normalized spacial score (nSPS) is 18.0. The summed E-state index contributed by atoms with van der Waals surface area (Å²) in [5.74, 6) is -0.799. The number of aromatic nitrogens is 2. The quantitative estimate of drug-likeness (QED) is 0.635. The molecule has 0 bridgehead atoms. The van der Waals surface area contributed by atoms with Gasteiger partial charge in [0.2, 0.25) is 0 Å². The molecule has 2 aromatic rings. The molecule has 1 unspecified atom stereocenters. The van der Waals surface area contributed by atoms with Gasteiger partial charge in [0.1, 0.15) is 5.82 Å². The van der Waals surface area contributed by atoms with Crippen LogP contribution in [-0.2, 0) is 12.7 Å². The third-order valence-electron chi connectivity index (χ3n) is 4.29. The standard InChI is InChI=1S/C18H19F4N4O/c1-3-25-9-12(8-23-25)10-26-16(7-17(24-26)18(20,21)22)14-5-4-13(19)6-15(14)11(2)27/h4-9,11-12,27H,3,10H2,1-2H3/q+1/t11-,12?/m1/s1. The lowest BCUT2D eigenvalue weighted by Crippen LogP contribution is -2.16. The van der Waals surface area contributed by atoms with Gasteiger partial charge in [0.15, 0.2) is 18.5 Å². The summed E-state index contributed by atoms with van der Waals surface area (Å²) in [6, 6.07) is 4.54. The molecule has 144 valence electrons. The van der Waals surface area contributed by atoms with E-state index in [2.05, 4.69) is 10.2 Å². The second-order valence-corrected chi connectivity index (χ2v) is 6.34. The van der Waals surface area contributed by atoms with Crippen molar-refractivity contribution in [3.63, 3.8) is 0 Å². The van der Waals surface area contributed by atoms with Crippen LogP contribution in [0.5, 0.6) is 0 Å².